The van der Waals surface area contributed by atoms with Gasteiger partial charge in [0.25, 0.3) is 5.91 Å². The molecule has 2 fully saturated rings. The van der Waals surface area contributed by atoms with E-state index in [-0.39, 0.29) is 18.1 Å². The summed E-state index contributed by atoms with van der Waals surface area (Å²) in [5.74, 6) is 0.433. The molecule has 1 amide bonds. The van der Waals surface area contributed by atoms with Gasteiger partial charge in [0.2, 0.25) is 10.1 Å². The lowest BCUT2D eigenvalue weighted by atomic mass is 10.1. The van der Waals surface area contributed by atoms with Crippen molar-refractivity contribution in [2.45, 2.75) is 31.4 Å². The van der Waals surface area contributed by atoms with Gasteiger partial charge in [-0.2, -0.15) is 0 Å². The number of carbonyl (C=O) groups excluding carboxylic acids is 1. The lowest BCUT2D eigenvalue weighted by Crippen LogP contribution is -2.41. The van der Waals surface area contributed by atoms with Gasteiger partial charge >= 0.3 is 0 Å². The Morgan fingerprint density at radius 3 is 2.88 bits per heavy atom. The van der Waals surface area contributed by atoms with Crippen LogP contribution in [0.25, 0.3) is 0 Å². The lowest BCUT2D eigenvalue weighted by Gasteiger charge is -2.18. The standard InChI is InChI=1S/C10H14N4O2S/c11-10-14-13-9(17-10)8(15)12-6-3-4-16-7(6)5-1-2-5/h5-7H,1-4H2,(H2,11,14)(H,12,15). The summed E-state index contributed by atoms with van der Waals surface area (Å²) in [6.07, 6.45) is 3.48. The van der Waals surface area contributed by atoms with Crippen molar-refractivity contribution in [3.05, 3.63) is 5.01 Å². The van der Waals surface area contributed by atoms with E-state index in [0.717, 1.165) is 24.4 Å². The van der Waals surface area contributed by atoms with E-state index in [4.69, 9.17) is 10.5 Å². The zero-order valence-corrected chi connectivity index (χ0v) is 10.1. The summed E-state index contributed by atoms with van der Waals surface area (Å²) in [5.41, 5.74) is 5.45. The maximum absolute atomic E-state index is 11.9. The summed E-state index contributed by atoms with van der Waals surface area (Å²) in [4.78, 5) is 11.9. The molecule has 7 heteroatoms. The fraction of sp³-hybridized carbons (Fsp3) is 0.700. The monoisotopic (exact) mass is 254 g/mol. The summed E-state index contributed by atoms with van der Waals surface area (Å²) >= 11 is 1.11. The molecule has 1 saturated carbocycles. The van der Waals surface area contributed by atoms with Crippen LogP contribution in [0.1, 0.15) is 29.1 Å². The highest BCUT2D eigenvalue weighted by molar-refractivity contribution is 7.16. The van der Waals surface area contributed by atoms with Crippen LogP contribution >= 0.6 is 11.3 Å². The van der Waals surface area contributed by atoms with Gasteiger partial charge in [0, 0.05) is 6.61 Å². The Morgan fingerprint density at radius 2 is 2.24 bits per heavy atom. The summed E-state index contributed by atoms with van der Waals surface area (Å²) in [7, 11) is 0. The van der Waals surface area contributed by atoms with E-state index in [2.05, 4.69) is 15.5 Å². The molecule has 1 aromatic heterocycles. The highest BCUT2D eigenvalue weighted by Gasteiger charge is 2.41. The lowest BCUT2D eigenvalue weighted by molar-refractivity contribution is 0.0729. The van der Waals surface area contributed by atoms with E-state index >= 15 is 0 Å². The minimum atomic E-state index is -0.194. The number of anilines is 1. The number of nitrogens with two attached hydrogens (primary N) is 1. The average Bonchev–Trinajstić information content (AvgIpc) is 2.89. The number of amides is 1. The summed E-state index contributed by atoms with van der Waals surface area (Å²) in [6, 6.07) is 0.111. The summed E-state index contributed by atoms with van der Waals surface area (Å²) in [5, 5.41) is 11.0. The first-order valence-corrected chi connectivity index (χ1v) is 6.57. The van der Waals surface area contributed by atoms with E-state index in [1.54, 1.807) is 0 Å². The predicted octanol–water partition coefficient (Wildman–Crippen LogP) is 0.418. The molecule has 1 aliphatic carbocycles. The predicted molar refractivity (Wildman–Crippen MR) is 62.7 cm³/mol. The fourth-order valence-corrected chi connectivity index (χ4v) is 2.72. The number of aromatic nitrogens is 2. The second kappa shape index (κ2) is 4.23. The fourth-order valence-electron chi connectivity index (χ4n) is 2.21. The molecule has 3 rings (SSSR count). The zero-order valence-electron chi connectivity index (χ0n) is 9.26. The Labute approximate surface area is 103 Å². The van der Waals surface area contributed by atoms with E-state index in [1.807, 2.05) is 0 Å². The third-order valence-corrected chi connectivity index (χ3v) is 3.92. The number of nitrogens with zero attached hydrogens (tertiary/aromatic N) is 2. The average molecular weight is 254 g/mol. The number of nitrogen functional groups attached to an aromatic ring is 1. The van der Waals surface area contributed by atoms with Crippen molar-refractivity contribution < 1.29 is 9.53 Å². The van der Waals surface area contributed by atoms with E-state index < -0.39 is 0 Å². The van der Waals surface area contributed by atoms with Crippen LogP contribution in [0.2, 0.25) is 0 Å². The first-order chi connectivity index (χ1) is 8.24. The highest BCUT2D eigenvalue weighted by atomic mass is 32.1. The van der Waals surface area contributed by atoms with Gasteiger partial charge in [0.05, 0.1) is 12.1 Å². The van der Waals surface area contributed by atoms with Crippen LogP contribution in [0.3, 0.4) is 0 Å². The van der Waals surface area contributed by atoms with Crippen molar-refractivity contribution in [2.75, 3.05) is 12.3 Å². The largest absolute Gasteiger partial charge is 0.376 e. The quantitative estimate of drug-likeness (QED) is 0.815. The number of ether oxygens (including phenoxy) is 1. The number of carbonyl (C=O) groups is 1. The number of nitrogens with one attached hydrogen (secondary N) is 1. The van der Waals surface area contributed by atoms with Crippen LogP contribution in [-0.2, 0) is 4.74 Å². The van der Waals surface area contributed by atoms with E-state index in [0.29, 0.717) is 16.1 Å². The third-order valence-electron chi connectivity index (χ3n) is 3.17. The second-order valence-corrected chi connectivity index (χ2v) is 5.50. The smallest absolute Gasteiger partial charge is 0.282 e. The highest BCUT2D eigenvalue weighted by Crippen LogP contribution is 2.38. The van der Waals surface area contributed by atoms with Crippen molar-refractivity contribution >= 4 is 22.4 Å². The molecule has 1 aromatic rings. The maximum atomic E-state index is 11.9. The minimum absolute atomic E-state index is 0.111. The Morgan fingerprint density at radius 1 is 1.41 bits per heavy atom. The van der Waals surface area contributed by atoms with Crippen LogP contribution in [0, 0.1) is 5.92 Å². The molecule has 2 unspecified atom stereocenters. The van der Waals surface area contributed by atoms with Gasteiger partial charge < -0.3 is 15.8 Å². The molecule has 6 nitrogen and oxygen atoms in total. The zero-order chi connectivity index (χ0) is 11.8. The molecule has 0 bridgehead atoms. The molecule has 1 saturated heterocycles. The molecule has 0 radical (unpaired) electrons. The Hall–Kier alpha value is -1.21. The Balaban J connectivity index is 1.64. The first kappa shape index (κ1) is 10.9. The first-order valence-electron chi connectivity index (χ1n) is 5.75. The van der Waals surface area contributed by atoms with Gasteiger partial charge in [0.1, 0.15) is 0 Å². The molecule has 0 aromatic carbocycles. The van der Waals surface area contributed by atoms with Gasteiger partial charge in [-0.25, -0.2) is 0 Å². The van der Waals surface area contributed by atoms with Crippen LogP contribution in [0.4, 0.5) is 5.13 Å². The number of hydrogen-bond donors (Lipinski definition) is 2. The number of rotatable bonds is 3. The normalized spacial score (nSPS) is 28.2. The molecular formula is C10H14N4O2S. The van der Waals surface area contributed by atoms with Gasteiger partial charge in [-0.3, -0.25) is 4.79 Å². The molecule has 0 spiro atoms. The Kier molecular flexibility index (Phi) is 2.71. The molecule has 2 atom stereocenters. The van der Waals surface area contributed by atoms with Crippen LogP contribution in [0.15, 0.2) is 0 Å². The second-order valence-electron chi connectivity index (χ2n) is 4.49. The topological polar surface area (TPSA) is 90.1 Å². The van der Waals surface area contributed by atoms with Crippen molar-refractivity contribution in [2.24, 2.45) is 5.92 Å². The van der Waals surface area contributed by atoms with E-state index in [1.165, 1.54) is 12.8 Å². The van der Waals surface area contributed by atoms with Gasteiger partial charge in [0.15, 0.2) is 0 Å². The van der Waals surface area contributed by atoms with Crippen molar-refractivity contribution in [3.8, 4) is 0 Å². The SMILES string of the molecule is Nc1nnc(C(=O)NC2CCOC2C2CC2)s1. The van der Waals surface area contributed by atoms with Gasteiger partial charge in [-0.1, -0.05) is 11.3 Å². The molecule has 3 N–H and O–H groups in total. The molecule has 2 aliphatic rings. The molecule has 1 aliphatic heterocycles. The van der Waals surface area contributed by atoms with Crippen LogP contribution in [-0.4, -0.2) is 34.9 Å². The molecular weight excluding hydrogens is 240 g/mol. The molecule has 92 valence electrons. The van der Waals surface area contributed by atoms with Crippen molar-refractivity contribution in [1.82, 2.24) is 15.5 Å². The van der Waals surface area contributed by atoms with Gasteiger partial charge in [-0.15, -0.1) is 10.2 Å². The molecule has 17 heavy (non-hydrogen) atoms. The summed E-state index contributed by atoms with van der Waals surface area (Å²) < 4.78 is 5.66. The maximum Gasteiger partial charge on any atom is 0.282 e. The number of hydrogen-bond acceptors (Lipinski definition) is 6. The van der Waals surface area contributed by atoms with Crippen LogP contribution in [0.5, 0.6) is 0 Å². The Bertz CT molecular complexity index is 432. The third kappa shape index (κ3) is 2.25. The van der Waals surface area contributed by atoms with E-state index in [9.17, 15) is 4.79 Å². The minimum Gasteiger partial charge on any atom is -0.376 e. The van der Waals surface area contributed by atoms with Crippen molar-refractivity contribution in [1.29, 1.82) is 0 Å². The van der Waals surface area contributed by atoms with Crippen molar-refractivity contribution in [3.63, 3.8) is 0 Å². The van der Waals surface area contributed by atoms with Gasteiger partial charge in [-0.05, 0) is 25.2 Å². The molecule has 2 heterocycles. The summed E-state index contributed by atoms with van der Waals surface area (Å²) in [6.45, 7) is 0.727. The van der Waals surface area contributed by atoms with Crippen LogP contribution < -0.4 is 11.1 Å².